The summed E-state index contributed by atoms with van der Waals surface area (Å²) in [5.41, 5.74) is 0. The van der Waals surface area contributed by atoms with Gasteiger partial charge in [-0.05, 0) is 38.6 Å². The highest BCUT2D eigenvalue weighted by Gasteiger charge is 2.13. The number of carbonyl (C=O) groups is 1. The summed E-state index contributed by atoms with van der Waals surface area (Å²) in [6.07, 6.45) is 36.6. The molecule has 1 atom stereocenters. The fraction of sp³-hybridized carbons (Fsp3) is 0.973. The molecule has 41 heavy (non-hydrogen) atoms. The number of carboxylic acid groups (broad SMARTS) is 1. The molecule has 0 aromatic rings. The van der Waals surface area contributed by atoms with Crippen molar-refractivity contribution in [1.82, 2.24) is 4.90 Å². The van der Waals surface area contributed by atoms with E-state index in [-0.39, 0.29) is 6.61 Å². The molecule has 246 valence electrons. The molecule has 0 aromatic heterocycles. The van der Waals surface area contributed by atoms with Crippen molar-refractivity contribution < 1.29 is 15.0 Å². The van der Waals surface area contributed by atoms with Gasteiger partial charge in [0.1, 0.15) is 0 Å². The van der Waals surface area contributed by atoms with Crippen molar-refractivity contribution in [1.29, 1.82) is 0 Å². The van der Waals surface area contributed by atoms with Gasteiger partial charge in [0, 0.05) is 19.0 Å². The van der Waals surface area contributed by atoms with E-state index < -0.39 is 5.97 Å². The van der Waals surface area contributed by atoms with Gasteiger partial charge in [-0.2, -0.15) is 0 Å². The number of hydrogen-bond acceptors (Lipinski definition) is 3. The first-order valence-electron chi connectivity index (χ1n) is 18.6. The van der Waals surface area contributed by atoms with Crippen LogP contribution in [0.15, 0.2) is 0 Å². The largest absolute Gasteiger partial charge is 0.481 e. The molecule has 4 nitrogen and oxygen atoms in total. The Morgan fingerprint density at radius 2 is 0.927 bits per heavy atom. The Bertz CT molecular complexity index is 510. The fourth-order valence-corrected chi connectivity index (χ4v) is 6.42. The summed E-state index contributed by atoms with van der Waals surface area (Å²) in [7, 11) is 0. The number of nitrogens with zero attached hydrogens (tertiary/aromatic N) is 1. The SMILES string of the molecule is CCCCCCCCC(CCCCCCCC)CCCCCCCCCN(CCO)C(C)CCCCCCC(=O)O. The van der Waals surface area contributed by atoms with Gasteiger partial charge in [-0.3, -0.25) is 9.69 Å². The normalized spacial score (nSPS) is 12.5. The molecule has 0 bridgehead atoms. The summed E-state index contributed by atoms with van der Waals surface area (Å²) in [5.74, 6) is 0.301. The van der Waals surface area contributed by atoms with E-state index in [9.17, 15) is 9.90 Å². The van der Waals surface area contributed by atoms with Gasteiger partial charge in [0.2, 0.25) is 0 Å². The molecule has 0 spiro atoms. The Balaban J connectivity index is 3.99. The third-order valence-corrected chi connectivity index (χ3v) is 9.26. The van der Waals surface area contributed by atoms with E-state index in [0.717, 1.165) is 51.1 Å². The number of hydrogen-bond donors (Lipinski definition) is 2. The summed E-state index contributed by atoms with van der Waals surface area (Å²) in [6, 6.07) is 0.502. The average Bonchev–Trinajstić information content (AvgIpc) is 2.96. The Kier molecular flexibility index (Phi) is 31.8. The molecule has 0 saturated carbocycles. The van der Waals surface area contributed by atoms with Crippen LogP contribution >= 0.6 is 0 Å². The van der Waals surface area contributed by atoms with E-state index in [1.165, 1.54) is 141 Å². The van der Waals surface area contributed by atoms with Gasteiger partial charge in [0.05, 0.1) is 6.61 Å². The number of aliphatic hydroxyl groups is 1. The van der Waals surface area contributed by atoms with Crippen LogP contribution in [0.1, 0.15) is 201 Å². The predicted molar refractivity (Wildman–Crippen MR) is 180 cm³/mol. The monoisotopic (exact) mass is 582 g/mol. The van der Waals surface area contributed by atoms with Crippen molar-refractivity contribution in [2.75, 3.05) is 19.7 Å². The van der Waals surface area contributed by atoms with Crippen LogP contribution in [0.2, 0.25) is 0 Å². The molecular formula is C37H75NO3. The van der Waals surface area contributed by atoms with Gasteiger partial charge in [-0.1, -0.05) is 168 Å². The van der Waals surface area contributed by atoms with Crippen LogP contribution in [0, 0.1) is 5.92 Å². The Morgan fingerprint density at radius 1 is 0.537 bits per heavy atom. The zero-order valence-corrected chi connectivity index (χ0v) is 28.3. The van der Waals surface area contributed by atoms with Crippen LogP contribution in [0.3, 0.4) is 0 Å². The van der Waals surface area contributed by atoms with Crippen molar-refractivity contribution in [2.45, 2.75) is 207 Å². The molecule has 0 saturated heterocycles. The first kappa shape index (κ1) is 40.4. The van der Waals surface area contributed by atoms with Crippen LogP contribution in [0.25, 0.3) is 0 Å². The minimum atomic E-state index is -0.682. The smallest absolute Gasteiger partial charge is 0.303 e. The molecule has 0 amide bonds. The number of aliphatic carboxylic acids is 1. The summed E-state index contributed by atoms with van der Waals surface area (Å²) in [6.45, 7) is 9.02. The first-order valence-corrected chi connectivity index (χ1v) is 18.6. The van der Waals surface area contributed by atoms with Crippen molar-refractivity contribution in [3.8, 4) is 0 Å². The first-order chi connectivity index (χ1) is 20.0. The zero-order valence-electron chi connectivity index (χ0n) is 28.3. The standard InChI is InChI=1S/C37H75NO3/c1-4-6-8-10-15-22-28-36(29-23-16-11-9-7-5-2)30-24-17-13-12-14-20-26-32-38(33-34-39)35(3)27-21-18-19-25-31-37(40)41/h35-36,39H,4-34H2,1-3H3,(H,40,41). The summed E-state index contributed by atoms with van der Waals surface area (Å²) >= 11 is 0. The lowest BCUT2D eigenvalue weighted by Gasteiger charge is -2.28. The van der Waals surface area contributed by atoms with Gasteiger partial charge >= 0.3 is 5.97 Å². The summed E-state index contributed by atoms with van der Waals surface area (Å²) in [4.78, 5) is 13.1. The predicted octanol–water partition coefficient (Wildman–Crippen LogP) is 11.3. The third-order valence-electron chi connectivity index (χ3n) is 9.26. The molecule has 0 aliphatic heterocycles. The Hall–Kier alpha value is -0.610. The molecule has 0 heterocycles. The number of unbranched alkanes of at least 4 members (excludes halogenated alkanes) is 19. The minimum absolute atomic E-state index is 0.238. The van der Waals surface area contributed by atoms with Crippen LogP contribution in [-0.2, 0) is 4.79 Å². The van der Waals surface area contributed by atoms with Crippen LogP contribution in [0.4, 0.5) is 0 Å². The molecular weight excluding hydrogens is 506 g/mol. The second kappa shape index (κ2) is 32.3. The van der Waals surface area contributed by atoms with E-state index in [1.54, 1.807) is 0 Å². The number of rotatable bonds is 34. The Morgan fingerprint density at radius 3 is 1.37 bits per heavy atom. The van der Waals surface area contributed by atoms with Gasteiger partial charge in [0.15, 0.2) is 0 Å². The Labute approximate surface area is 257 Å². The molecule has 0 fully saturated rings. The lowest BCUT2D eigenvalue weighted by atomic mass is 9.89. The van der Waals surface area contributed by atoms with Crippen molar-refractivity contribution in [3.63, 3.8) is 0 Å². The van der Waals surface area contributed by atoms with Crippen LogP contribution in [0.5, 0.6) is 0 Å². The van der Waals surface area contributed by atoms with Gasteiger partial charge in [-0.15, -0.1) is 0 Å². The lowest BCUT2D eigenvalue weighted by molar-refractivity contribution is -0.137. The number of carboxylic acids is 1. The maximum atomic E-state index is 10.6. The molecule has 2 N–H and O–H groups in total. The zero-order chi connectivity index (χ0) is 30.2. The fourth-order valence-electron chi connectivity index (χ4n) is 6.42. The van der Waals surface area contributed by atoms with Crippen molar-refractivity contribution in [3.05, 3.63) is 0 Å². The topological polar surface area (TPSA) is 60.8 Å². The number of aliphatic hydroxyl groups excluding tert-OH is 1. The van der Waals surface area contributed by atoms with Gasteiger partial charge < -0.3 is 10.2 Å². The molecule has 4 heteroatoms. The van der Waals surface area contributed by atoms with E-state index >= 15 is 0 Å². The summed E-state index contributed by atoms with van der Waals surface area (Å²) in [5, 5.41) is 18.3. The van der Waals surface area contributed by atoms with E-state index in [2.05, 4.69) is 25.7 Å². The quantitative estimate of drug-likeness (QED) is 0.0742. The minimum Gasteiger partial charge on any atom is -0.481 e. The molecule has 1 unspecified atom stereocenters. The van der Waals surface area contributed by atoms with Crippen molar-refractivity contribution >= 4 is 5.97 Å². The molecule has 0 rings (SSSR count). The molecule has 0 aliphatic rings. The molecule has 0 aromatic carbocycles. The van der Waals surface area contributed by atoms with Gasteiger partial charge in [0.25, 0.3) is 0 Å². The molecule has 0 aliphatic carbocycles. The maximum absolute atomic E-state index is 10.6. The van der Waals surface area contributed by atoms with Crippen LogP contribution < -0.4 is 0 Å². The maximum Gasteiger partial charge on any atom is 0.303 e. The highest BCUT2D eigenvalue weighted by Crippen LogP contribution is 2.25. The van der Waals surface area contributed by atoms with Crippen LogP contribution in [-0.4, -0.2) is 46.8 Å². The highest BCUT2D eigenvalue weighted by atomic mass is 16.4. The average molecular weight is 582 g/mol. The second-order valence-electron chi connectivity index (χ2n) is 13.2. The highest BCUT2D eigenvalue weighted by molar-refractivity contribution is 5.66. The second-order valence-corrected chi connectivity index (χ2v) is 13.2. The van der Waals surface area contributed by atoms with Crippen molar-refractivity contribution in [2.24, 2.45) is 5.92 Å². The van der Waals surface area contributed by atoms with E-state index in [1.807, 2.05) is 0 Å². The van der Waals surface area contributed by atoms with E-state index in [0.29, 0.717) is 12.5 Å². The summed E-state index contributed by atoms with van der Waals surface area (Å²) < 4.78 is 0. The van der Waals surface area contributed by atoms with Gasteiger partial charge in [-0.25, -0.2) is 0 Å². The lowest BCUT2D eigenvalue weighted by Crippen LogP contribution is -2.36. The third kappa shape index (κ3) is 29.2. The molecule has 0 radical (unpaired) electrons. The van der Waals surface area contributed by atoms with E-state index in [4.69, 9.17) is 5.11 Å².